The molecule has 3 atom stereocenters. The van der Waals surface area contributed by atoms with E-state index in [4.69, 9.17) is 4.74 Å². The Kier molecular flexibility index (Phi) is 7.35. The summed E-state index contributed by atoms with van der Waals surface area (Å²) in [6.45, 7) is 6.95. The molecule has 1 amide bonds. The second-order valence-corrected chi connectivity index (χ2v) is 8.46. The summed E-state index contributed by atoms with van der Waals surface area (Å²) in [5.74, 6) is 0. The summed E-state index contributed by atoms with van der Waals surface area (Å²) in [6.07, 6.45) is 0.0913. The number of hydrogen-bond acceptors (Lipinski definition) is 5. The van der Waals surface area contributed by atoms with Crippen molar-refractivity contribution >= 4 is 6.09 Å². The van der Waals surface area contributed by atoms with Crippen LogP contribution in [-0.4, -0.2) is 49.6 Å². The predicted molar refractivity (Wildman–Crippen MR) is 103 cm³/mol. The van der Waals surface area contributed by atoms with Crippen LogP contribution >= 0.6 is 0 Å². The van der Waals surface area contributed by atoms with Crippen LogP contribution in [0.2, 0.25) is 0 Å². The van der Waals surface area contributed by atoms with Crippen molar-refractivity contribution in [2.45, 2.75) is 63.9 Å². The Morgan fingerprint density at radius 3 is 2.66 bits per heavy atom. The highest BCUT2D eigenvalue weighted by molar-refractivity contribution is 5.67. The number of piperidine rings is 1. The van der Waals surface area contributed by atoms with E-state index in [-0.39, 0.29) is 18.5 Å². The van der Waals surface area contributed by atoms with E-state index >= 15 is 0 Å². The van der Waals surface area contributed by atoms with Crippen LogP contribution in [-0.2, 0) is 4.74 Å². The van der Waals surface area contributed by atoms with Crippen molar-refractivity contribution in [2.75, 3.05) is 19.6 Å². The van der Waals surface area contributed by atoms with Gasteiger partial charge in [-0.25, -0.2) is 4.79 Å². The van der Waals surface area contributed by atoms with Crippen LogP contribution in [0, 0.1) is 16.7 Å². The largest absolute Gasteiger partial charge is 0.444 e. The molecule has 0 aromatic rings. The molecule has 29 heavy (non-hydrogen) atoms. The van der Waals surface area contributed by atoms with Crippen LogP contribution in [0.3, 0.4) is 0 Å². The average molecular weight is 414 g/mol. The van der Waals surface area contributed by atoms with Gasteiger partial charge < -0.3 is 20.7 Å². The molecule has 2 rings (SSSR count). The minimum atomic E-state index is -4.40. The zero-order valence-electron chi connectivity index (χ0n) is 17.0. The lowest BCUT2D eigenvalue weighted by Crippen LogP contribution is -2.54. The van der Waals surface area contributed by atoms with Crippen molar-refractivity contribution in [1.82, 2.24) is 16.0 Å². The van der Waals surface area contributed by atoms with Crippen molar-refractivity contribution in [3.63, 3.8) is 0 Å². The molecule has 9 heteroatoms. The standard InChI is InChI=1S/C20H29F3N4O2/c1-18(2,3)29-17(28)27-11-10-25-15-6-9-26-16(12-15)19(13-24)7-4-14(5-8-19)20(21,22)23/h4-5,7,15-16,25-26H,6,8-12H2,1-3H3,(H,27,28). The summed E-state index contributed by atoms with van der Waals surface area (Å²) in [7, 11) is 0. The third-order valence-corrected chi connectivity index (χ3v) is 5.01. The third kappa shape index (κ3) is 6.75. The molecule has 0 bridgehead atoms. The molecule has 0 spiro atoms. The molecule has 1 fully saturated rings. The van der Waals surface area contributed by atoms with Gasteiger partial charge in [0.1, 0.15) is 5.60 Å². The molecule has 3 unspecified atom stereocenters. The number of halogens is 3. The molecule has 1 heterocycles. The smallest absolute Gasteiger partial charge is 0.416 e. The van der Waals surface area contributed by atoms with E-state index in [0.29, 0.717) is 26.1 Å². The van der Waals surface area contributed by atoms with Gasteiger partial charge in [0.15, 0.2) is 0 Å². The maximum Gasteiger partial charge on any atom is 0.416 e. The second kappa shape index (κ2) is 9.18. The Bertz CT molecular complexity index is 691. The lowest BCUT2D eigenvalue weighted by atomic mass is 9.71. The number of ether oxygens (including phenoxy) is 1. The van der Waals surface area contributed by atoms with Crippen LogP contribution in [0.5, 0.6) is 0 Å². The number of allylic oxidation sites excluding steroid dienone is 3. The molecule has 1 saturated heterocycles. The van der Waals surface area contributed by atoms with Gasteiger partial charge in [0.2, 0.25) is 0 Å². The summed E-state index contributed by atoms with van der Waals surface area (Å²) >= 11 is 0. The highest BCUT2D eigenvalue weighted by Gasteiger charge is 2.43. The number of nitrogens with zero attached hydrogens (tertiary/aromatic N) is 1. The van der Waals surface area contributed by atoms with Crippen LogP contribution < -0.4 is 16.0 Å². The maximum atomic E-state index is 12.9. The summed E-state index contributed by atoms with van der Waals surface area (Å²) in [6, 6.07) is 2.08. The highest BCUT2D eigenvalue weighted by atomic mass is 19.4. The fourth-order valence-corrected chi connectivity index (χ4v) is 3.53. The van der Waals surface area contributed by atoms with Crippen molar-refractivity contribution in [1.29, 1.82) is 5.26 Å². The number of hydrogen-bond donors (Lipinski definition) is 3. The molecule has 1 aliphatic carbocycles. The first-order chi connectivity index (χ1) is 13.5. The summed E-state index contributed by atoms with van der Waals surface area (Å²) in [5, 5.41) is 19.0. The minimum absolute atomic E-state index is 0.0272. The topological polar surface area (TPSA) is 86.2 Å². The molecule has 0 radical (unpaired) electrons. The van der Waals surface area contributed by atoms with Gasteiger partial charge in [-0.3, -0.25) is 0 Å². The fraction of sp³-hybridized carbons (Fsp3) is 0.700. The SMILES string of the molecule is CC(C)(C)OC(=O)NCCNC1CCNC(C2(C#N)C=CC(C(F)(F)F)=CC2)C1. The van der Waals surface area contributed by atoms with E-state index in [0.717, 1.165) is 18.6 Å². The van der Waals surface area contributed by atoms with Gasteiger partial charge in [-0.2, -0.15) is 18.4 Å². The zero-order valence-corrected chi connectivity index (χ0v) is 17.0. The van der Waals surface area contributed by atoms with Gasteiger partial charge in [0, 0.05) is 25.2 Å². The van der Waals surface area contributed by atoms with Gasteiger partial charge in [-0.15, -0.1) is 0 Å². The molecule has 2 aliphatic rings. The third-order valence-electron chi connectivity index (χ3n) is 5.01. The van der Waals surface area contributed by atoms with Crippen LogP contribution in [0.4, 0.5) is 18.0 Å². The quantitative estimate of drug-likeness (QED) is 0.602. The Morgan fingerprint density at radius 1 is 1.38 bits per heavy atom. The van der Waals surface area contributed by atoms with Crippen molar-refractivity contribution in [2.24, 2.45) is 5.41 Å². The van der Waals surface area contributed by atoms with Gasteiger partial charge in [-0.1, -0.05) is 18.2 Å². The lowest BCUT2D eigenvalue weighted by Gasteiger charge is -2.40. The molecule has 1 aliphatic heterocycles. The first-order valence-electron chi connectivity index (χ1n) is 9.77. The number of carbonyl (C=O) groups excluding carboxylic acids is 1. The van der Waals surface area contributed by atoms with Crippen LogP contribution in [0.15, 0.2) is 23.8 Å². The van der Waals surface area contributed by atoms with E-state index in [2.05, 4.69) is 22.0 Å². The molecule has 162 valence electrons. The van der Waals surface area contributed by atoms with Crippen molar-refractivity contribution in [3.8, 4) is 6.07 Å². The number of nitrogens with one attached hydrogen (secondary N) is 3. The molecular formula is C20H29F3N4O2. The van der Waals surface area contributed by atoms with Crippen LogP contribution in [0.25, 0.3) is 0 Å². The first-order valence-corrected chi connectivity index (χ1v) is 9.77. The number of nitriles is 1. The Hall–Kier alpha value is -2.05. The first kappa shape index (κ1) is 23.2. The number of rotatable bonds is 5. The normalized spacial score (nSPS) is 27.7. The van der Waals surface area contributed by atoms with E-state index < -0.39 is 28.9 Å². The Morgan fingerprint density at radius 2 is 2.10 bits per heavy atom. The molecule has 0 aromatic carbocycles. The van der Waals surface area contributed by atoms with E-state index in [9.17, 15) is 23.2 Å². The Balaban J connectivity index is 1.84. The maximum absolute atomic E-state index is 12.9. The number of carbonyl (C=O) groups is 1. The summed E-state index contributed by atoms with van der Waals surface area (Å²) < 4.78 is 43.7. The van der Waals surface area contributed by atoms with E-state index in [1.807, 2.05) is 0 Å². The molecular weight excluding hydrogens is 385 g/mol. The number of alkyl halides is 3. The molecule has 0 saturated carbocycles. The van der Waals surface area contributed by atoms with Gasteiger partial charge >= 0.3 is 12.3 Å². The number of alkyl carbamates (subject to hydrolysis) is 1. The Labute approximate surface area is 169 Å². The average Bonchev–Trinajstić information content (AvgIpc) is 2.63. The molecule has 0 aromatic heterocycles. The van der Waals surface area contributed by atoms with Gasteiger partial charge in [-0.05, 0) is 46.6 Å². The fourth-order valence-electron chi connectivity index (χ4n) is 3.53. The van der Waals surface area contributed by atoms with Gasteiger partial charge in [0.05, 0.1) is 17.1 Å². The lowest BCUT2D eigenvalue weighted by molar-refractivity contribution is -0.0889. The van der Waals surface area contributed by atoms with E-state index in [1.54, 1.807) is 20.8 Å². The van der Waals surface area contributed by atoms with Crippen molar-refractivity contribution < 1.29 is 22.7 Å². The summed E-state index contributed by atoms with van der Waals surface area (Å²) in [5.41, 5.74) is -2.26. The monoisotopic (exact) mass is 414 g/mol. The highest BCUT2D eigenvalue weighted by Crippen LogP contribution is 2.39. The van der Waals surface area contributed by atoms with Crippen LogP contribution in [0.1, 0.15) is 40.0 Å². The van der Waals surface area contributed by atoms with Crippen molar-refractivity contribution in [3.05, 3.63) is 23.8 Å². The second-order valence-electron chi connectivity index (χ2n) is 8.46. The molecule has 6 nitrogen and oxygen atoms in total. The molecule has 3 N–H and O–H groups in total. The van der Waals surface area contributed by atoms with Gasteiger partial charge in [0.25, 0.3) is 0 Å². The predicted octanol–water partition coefficient (Wildman–Crippen LogP) is 3.18. The number of amides is 1. The van der Waals surface area contributed by atoms with E-state index in [1.165, 1.54) is 6.08 Å². The minimum Gasteiger partial charge on any atom is -0.444 e. The zero-order chi connectivity index (χ0) is 21.7. The summed E-state index contributed by atoms with van der Waals surface area (Å²) in [4.78, 5) is 11.6.